The summed E-state index contributed by atoms with van der Waals surface area (Å²) in [5, 5.41) is 11.5. The number of hydrogen-bond acceptors (Lipinski definition) is 5. The van der Waals surface area contributed by atoms with Crippen LogP contribution < -0.4 is 4.74 Å². The number of methoxy groups -OCH3 is 1. The summed E-state index contributed by atoms with van der Waals surface area (Å²) < 4.78 is 11.2. The van der Waals surface area contributed by atoms with Gasteiger partial charge in [0, 0.05) is 29.3 Å². The summed E-state index contributed by atoms with van der Waals surface area (Å²) in [6.45, 7) is 0.906. The van der Waals surface area contributed by atoms with E-state index in [0.29, 0.717) is 28.5 Å². The molecule has 0 bridgehead atoms. The van der Waals surface area contributed by atoms with Crippen molar-refractivity contribution in [1.82, 2.24) is 4.90 Å². The maximum absolute atomic E-state index is 13.0. The molecule has 2 aliphatic rings. The Morgan fingerprint density at radius 2 is 1.93 bits per heavy atom. The highest BCUT2D eigenvalue weighted by Crippen LogP contribution is 2.43. The van der Waals surface area contributed by atoms with Crippen LogP contribution in [-0.2, 0) is 14.3 Å². The summed E-state index contributed by atoms with van der Waals surface area (Å²) >= 11 is 5.95. The maximum atomic E-state index is 13.0. The molecule has 2 heterocycles. The molecule has 2 aliphatic heterocycles. The van der Waals surface area contributed by atoms with Crippen LogP contribution in [0.2, 0.25) is 5.02 Å². The lowest BCUT2D eigenvalue weighted by molar-refractivity contribution is -0.140. The number of amides is 1. The van der Waals surface area contributed by atoms with Gasteiger partial charge in [0.15, 0.2) is 0 Å². The number of carbonyl (C=O) groups excluding carboxylic acids is 2. The molecule has 2 atom stereocenters. The fourth-order valence-electron chi connectivity index (χ4n) is 4.05. The second-order valence-electron chi connectivity index (χ2n) is 7.34. The Balaban J connectivity index is 1.86. The van der Waals surface area contributed by atoms with Gasteiger partial charge in [-0.15, -0.1) is 0 Å². The van der Waals surface area contributed by atoms with Gasteiger partial charge in [0.1, 0.15) is 11.5 Å². The molecular weight excluding hydrogens is 406 g/mol. The zero-order chi connectivity index (χ0) is 21.3. The summed E-state index contributed by atoms with van der Waals surface area (Å²) in [4.78, 5) is 27.5. The molecule has 4 rings (SSSR count). The maximum Gasteiger partial charge on any atom is 0.295 e. The van der Waals surface area contributed by atoms with Crippen molar-refractivity contribution >= 4 is 29.1 Å². The minimum atomic E-state index is -0.777. The van der Waals surface area contributed by atoms with E-state index < -0.39 is 17.7 Å². The van der Waals surface area contributed by atoms with E-state index >= 15 is 0 Å². The molecule has 156 valence electrons. The highest BCUT2D eigenvalue weighted by Gasteiger charge is 2.47. The lowest BCUT2D eigenvalue weighted by atomic mass is 9.94. The summed E-state index contributed by atoms with van der Waals surface area (Å²) in [6.07, 6.45) is 1.59. The average molecular weight is 428 g/mol. The van der Waals surface area contributed by atoms with Crippen LogP contribution in [0.1, 0.15) is 30.0 Å². The fraction of sp³-hybridized carbons (Fsp3) is 0.304. The van der Waals surface area contributed by atoms with Gasteiger partial charge < -0.3 is 19.5 Å². The SMILES string of the molecule is COc1ccccc1C1C(=C(O)c2ccc(Cl)cc2)C(=O)C(=O)N1CC1CCCO1. The predicted octanol–water partition coefficient (Wildman–Crippen LogP) is 3.95. The van der Waals surface area contributed by atoms with E-state index in [0.717, 1.165) is 12.8 Å². The third kappa shape index (κ3) is 3.68. The van der Waals surface area contributed by atoms with Crippen LogP contribution in [0.5, 0.6) is 5.75 Å². The molecule has 2 unspecified atom stereocenters. The number of Topliss-reactive ketones (excluding diaryl/α,β-unsaturated/α-hetero) is 1. The van der Waals surface area contributed by atoms with E-state index in [1.165, 1.54) is 12.0 Å². The molecule has 0 radical (unpaired) electrons. The van der Waals surface area contributed by atoms with Gasteiger partial charge in [0.25, 0.3) is 11.7 Å². The second-order valence-corrected chi connectivity index (χ2v) is 7.77. The quantitative estimate of drug-likeness (QED) is 0.444. The van der Waals surface area contributed by atoms with Crippen LogP contribution in [0.4, 0.5) is 0 Å². The van der Waals surface area contributed by atoms with Crippen molar-refractivity contribution in [2.75, 3.05) is 20.3 Å². The highest BCUT2D eigenvalue weighted by molar-refractivity contribution is 6.46. The molecule has 2 aromatic carbocycles. The van der Waals surface area contributed by atoms with Gasteiger partial charge in [-0.3, -0.25) is 9.59 Å². The van der Waals surface area contributed by atoms with Gasteiger partial charge >= 0.3 is 0 Å². The van der Waals surface area contributed by atoms with E-state index in [4.69, 9.17) is 21.1 Å². The third-order valence-corrected chi connectivity index (χ3v) is 5.77. The standard InChI is InChI=1S/C23H22ClNO5/c1-29-18-7-3-2-6-17(18)20-19(21(26)14-8-10-15(24)11-9-14)22(27)23(28)25(20)13-16-5-4-12-30-16/h2-3,6-11,16,20,26H,4-5,12-13H2,1H3. The van der Waals surface area contributed by atoms with E-state index in [1.54, 1.807) is 36.4 Å². The van der Waals surface area contributed by atoms with Gasteiger partial charge in [0.2, 0.25) is 0 Å². The van der Waals surface area contributed by atoms with Gasteiger partial charge in [-0.25, -0.2) is 0 Å². The Morgan fingerprint density at radius 1 is 1.20 bits per heavy atom. The van der Waals surface area contributed by atoms with Gasteiger partial charge in [-0.1, -0.05) is 29.8 Å². The summed E-state index contributed by atoms with van der Waals surface area (Å²) in [5.74, 6) is -1.09. The molecule has 6 nitrogen and oxygen atoms in total. The molecule has 7 heteroatoms. The number of aliphatic hydroxyl groups excluding tert-OH is 1. The molecule has 2 fully saturated rings. The number of hydrogen-bond donors (Lipinski definition) is 1. The van der Waals surface area contributed by atoms with Crippen LogP contribution >= 0.6 is 11.6 Å². The van der Waals surface area contributed by atoms with Crippen LogP contribution in [0, 0.1) is 0 Å². The van der Waals surface area contributed by atoms with Gasteiger partial charge in [-0.05, 0) is 43.2 Å². The van der Waals surface area contributed by atoms with Crippen LogP contribution in [0.15, 0.2) is 54.1 Å². The molecular formula is C23H22ClNO5. The minimum Gasteiger partial charge on any atom is -0.507 e. The Morgan fingerprint density at radius 3 is 2.60 bits per heavy atom. The first kappa shape index (κ1) is 20.4. The number of halogens is 1. The van der Waals surface area contributed by atoms with Crippen molar-refractivity contribution < 1.29 is 24.2 Å². The van der Waals surface area contributed by atoms with Crippen molar-refractivity contribution in [2.24, 2.45) is 0 Å². The number of likely N-dealkylation sites (tertiary alicyclic amines) is 1. The van der Waals surface area contributed by atoms with Crippen molar-refractivity contribution in [2.45, 2.75) is 25.0 Å². The van der Waals surface area contributed by atoms with Crippen LogP contribution in [0.3, 0.4) is 0 Å². The number of carbonyl (C=O) groups is 2. The molecule has 2 aromatic rings. The smallest absolute Gasteiger partial charge is 0.295 e. The highest BCUT2D eigenvalue weighted by atomic mass is 35.5. The number of nitrogens with zero attached hydrogens (tertiary/aromatic N) is 1. The Hall–Kier alpha value is -2.83. The molecule has 0 spiro atoms. The Bertz CT molecular complexity index is 995. The molecule has 2 saturated heterocycles. The first-order valence-corrected chi connectivity index (χ1v) is 10.2. The summed E-state index contributed by atoms with van der Waals surface area (Å²) in [7, 11) is 1.53. The van der Waals surface area contributed by atoms with Crippen molar-refractivity contribution in [3.05, 3.63) is 70.3 Å². The molecule has 0 saturated carbocycles. The number of benzene rings is 2. The second kappa shape index (κ2) is 8.50. The number of rotatable bonds is 5. The van der Waals surface area contributed by atoms with Crippen molar-refractivity contribution in [3.63, 3.8) is 0 Å². The first-order chi connectivity index (χ1) is 14.5. The van der Waals surface area contributed by atoms with Gasteiger partial charge in [-0.2, -0.15) is 0 Å². The predicted molar refractivity (Wildman–Crippen MR) is 112 cm³/mol. The van der Waals surface area contributed by atoms with E-state index in [9.17, 15) is 14.7 Å². The van der Waals surface area contributed by atoms with Crippen molar-refractivity contribution in [1.29, 1.82) is 0 Å². The molecule has 1 amide bonds. The van der Waals surface area contributed by atoms with E-state index in [-0.39, 0.29) is 24.0 Å². The lowest BCUT2D eigenvalue weighted by Crippen LogP contribution is -2.36. The molecule has 0 aliphatic carbocycles. The minimum absolute atomic E-state index is 0.0322. The summed E-state index contributed by atoms with van der Waals surface area (Å²) in [5.41, 5.74) is 1.08. The number of para-hydroxylation sites is 1. The van der Waals surface area contributed by atoms with Gasteiger partial charge in [0.05, 0.1) is 24.8 Å². The zero-order valence-electron chi connectivity index (χ0n) is 16.5. The molecule has 30 heavy (non-hydrogen) atoms. The number of ether oxygens (including phenoxy) is 2. The van der Waals surface area contributed by atoms with Crippen molar-refractivity contribution in [3.8, 4) is 5.75 Å². The zero-order valence-corrected chi connectivity index (χ0v) is 17.3. The Kier molecular flexibility index (Phi) is 5.79. The molecule has 1 N–H and O–H groups in total. The van der Waals surface area contributed by atoms with Crippen LogP contribution in [0.25, 0.3) is 5.76 Å². The normalized spacial score (nSPS) is 23.2. The molecule has 0 aromatic heterocycles. The lowest BCUT2D eigenvalue weighted by Gasteiger charge is -2.28. The number of ketones is 1. The van der Waals surface area contributed by atoms with E-state index in [1.807, 2.05) is 12.1 Å². The van der Waals surface area contributed by atoms with Crippen LogP contribution in [-0.4, -0.2) is 48.1 Å². The topological polar surface area (TPSA) is 76.1 Å². The van der Waals surface area contributed by atoms with E-state index in [2.05, 4.69) is 0 Å². The monoisotopic (exact) mass is 427 g/mol. The Labute approximate surface area is 179 Å². The first-order valence-electron chi connectivity index (χ1n) is 9.80. The largest absolute Gasteiger partial charge is 0.507 e. The summed E-state index contributed by atoms with van der Waals surface area (Å²) in [6, 6.07) is 12.9. The number of aliphatic hydroxyl groups is 1. The fourth-order valence-corrected chi connectivity index (χ4v) is 4.18. The third-order valence-electron chi connectivity index (χ3n) is 5.52. The average Bonchev–Trinajstić information content (AvgIpc) is 3.36.